The van der Waals surface area contributed by atoms with Crippen molar-refractivity contribution in [2.24, 2.45) is 0 Å². The van der Waals surface area contributed by atoms with Gasteiger partial charge < -0.3 is 14.6 Å². The van der Waals surface area contributed by atoms with E-state index in [9.17, 15) is 5.11 Å². The Labute approximate surface area is 109 Å². The molecular weight excluding hydrogens is 228 g/mol. The average Bonchev–Trinajstić information content (AvgIpc) is 2.36. The van der Waals surface area contributed by atoms with Crippen molar-refractivity contribution in [2.75, 3.05) is 13.2 Å². The average molecular weight is 250 g/mol. The van der Waals surface area contributed by atoms with Gasteiger partial charge in [0.25, 0.3) is 0 Å². The Bertz CT molecular complexity index is 393. The zero-order valence-electron chi connectivity index (χ0n) is 11.4. The lowest BCUT2D eigenvalue weighted by Crippen LogP contribution is -2.00. The third-order valence-corrected chi connectivity index (χ3v) is 2.41. The van der Waals surface area contributed by atoms with E-state index in [0.29, 0.717) is 19.0 Å². The van der Waals surface area contributed by atoms with Crippen LogP contribution in [0.3, 0.4) is 0 Å². The maximum absolute atomic E-state index is 9.26. The van der Waals surface area contributed by atoms with E-state index in [4.69, 9.17) is 9.47 Å². The van der Waals surface area contributed by atoms with Crippen molar-refractivity contribution in [1.82, 2.24) is 0 Å². The molecule has 1 rings (SSSR count). The highest BCUT2D eigenvalue weighted by atomic mass is 16.5. The van der Waals surface area contributed by atoms with Crippen LogP contribution in [0.1, 0.15) is 32.8 Å². The van der Waals surface area contributed by atoms with Crippen molar-refractivity contribution in [3.63, 3.8) is 0 Å². The van der Waals surface area contributed by atoms with Gasteiger partial charge in [0.05, 0.1) is 13.2 Å². The minimum absolute atomic E-state index is 0.0296. The van der Waals surface area contributed by atoms with Gasteiger partial charge in [-0.2, -0.15) is 0 Å². The molecule has 0 aliphatic carbocycles. The maximum atomic E-state index is 9.26. The van der Waals surface area contributed by atoms with Crippen LogP contribution in [0.2, 0.25) is 0 Å². The van der Waals surface area contributed by atoms with Crippen molar-refractivity contribution < 1.29 is 14.6 Å². The largest absolute Gasteiger partial charge is 0.493 e. The first-order valence-corrected chi connectivity index (χ1v) is 6.30. The second kappa shape index (κ2) is 7.77. The Morgan fingerprint density at radius 2 is 2.06 bits per heavy atom. The number of benzene rings is 1. The molecule has 0 unspecified atom stereocenters. The Morgan fingerprint density at radius 3 is 2.67 bits per heavy atom. The number of allylic oxidation sites excluding steroid dienone is 1. The zero-order valence-corrected chi connectivity index (χ0v) is 11.4. The van der Waals surface area contributed by atoms with Crippen molar-refractivity contribution >= 4 is 0 Å². The Balaban J connectivity index is 2.75. The van der Waals surface area contributed by atoms with Crippen molar-refractivity contribution in [1.29, 1.82) is 0 Å². The maximum Gasteiger partial charge on any atom is 0.128 e. The first-order valence-electron chi connectivity index (χ1n) is 6.30. The van der Waals surface area contributed by atoms with E-state index in [1.807, 2.05) is 38.1 Å². The van der Waals surface area contributed by atoms with Crippen LogP contribution in [-0.2, 0) is 6.61 Å². The minimum atomic E-state index is -0.0296. The van der Waals surface area contributed by atoms with E-state index in [-0.39, 0.29) is 6.61 Å². The molecule has 1 aromatic rings. The number of aliphatic hydroxyl groups excluding tert-OH is 1. The molecule has 0 aliphatic heterocycles. The van der Waals surface area contributed by atoms with Gasteiger partial charge in [-0.05, 0) is 38.5 Å². The molecule has 1 N–H and O–H groups in total. The normalized spacial score (nSPS) is 10.0. The molecule has 0 fully saturated rings. The molecule has 0 aromatic heterocycles. The Hall–Kier alpha value is -1.48. The monoisotopic (exact) mass is 250 g/mol. The molecule has 0 aliphatic rings. The van der Waals surface area contributed by atoms with Gasteiger partial charge in [0, 0.05) is 11.6 Å². The summed E-state index contributed by atoms with van der Waals surface area (Å²) in [6, 6.07) is 5.53. The van der Waals surface area contributed by atoms with E-state index in [1.54, 1.807) is 0 Å². The van der Waals surface area contributed by atoms with Gasteiger partial charge in [-0.3, -0.25) is 0 Å². The molecule has 0 heterocycles. The second-order valence-electron chi connectivity index (χ2n) is 4.37. The number of hydrogen-bond acceptors (Lipinski definition) is 3. The van der Waals surface area contributed by atoms with Gasteiger partial charge in [-0.25, -0.2) is 0 Å². The van der Waals surface area contributed by atoms with Crippen LogP contribution in [0, 0.1) is 0 Å². The summed E-state index contributed by atoms with van der Waals surface area (Å²) in [5.41, 5.74) is 1.99. The zero-order chi connectivity index (χ0) is 13.4. The summed E-state index contributed by atoms with van der Waals surface area (Å²) >= 11 is 0. The molecule has 0 spiro atoms. The van der Waals surface area contributed by atoms with Crippen LogP contribution in [0.4, 0.5) is 0 Å². The highest BCUT2D eigenvalue weighted by Gasteiger charge is 2.05. The fourth-order valence-corrected chi connectivity index (χ4v) is 1.41. The summed E-state index contributed by atoms with van der Waals surface area (Å²) in [4.78, 5) is 0. The summed E-state index contributed by atoms with van der Waals surface area (Å²) in [5, 5.41) is 9.26. The standard InChI is InChI=1S/C15H22O3/c1-4-8-17-14-6-5-13(11-16)15(10-14)18-9-7-12(2)3/h5-7,10,16H,4,8-9,11H2,1-3H3. The second-order valence-corrected chi connectivity index (χ2v) is 4.37. The van der Waals surface area contributed by atoms with Gasteiger partial charge >= 0.3 is 0 Å². The number of hydrogen-bond donors (Lipinski definition) is 1. The third kappa shape index (κ3) is 4.80. The van der Waals surface area contributed by atoms with E-state index in [2.05, 4.69) is 6.92 Å². The Kier molecular flexibility index (Phi) is 6.29. The number of aliphatic hydroxyl groups is 1. The highest BCUT2D eigenvalue weighted by Crippen LogP contribution is 2.25. The lowest BCUT2D eigenvalue weighted by Gasteiger charge is -2.11. The van der Waals surface area contributed by atoms with E-state index in [1.165, 1.54) is 5.57 Å². The molecule has 3 nitrogen and oxygen atoms in total. The van der Waals surface area contributed by atoms with Gasteiger partial charge in [0.2, 0.25) is 0 Å². The van der Waals surface area contributed by atoms with Gasteiger partial charge in [0.1, 0.15) is 18.1 Å². The molecule has 0 saturated heterocycles. The van der Waals surface area contributed by atoms with E-state index >= 15 is 0 Å². The van der Waals surface area contributed by atoms with E-state index < -0.39 is 0 Å². The Morgan fingerprint density at radius 1 is 1.28 bits per heavy atom. The number of rotatable bonds is 7. The first-order chi connectivity index (χ1) is 8.67. The molecular formula is C15H22O3. The topological polar surface area (TPSA) is 38.7 Å². The van der Waals surface area contributed by atoms with Gasteiger partial charge in [-0.15, -0.1) is 0 Å². The SMILES string of the molecule is CCCOc1ccc(CO)c(OCC=C(C)C)c1. The summed E-state index contributed by atoms with van der Waals surface area (Å²) in [6.07, 6.45) is 2.97. The molecule has 0 bridgehead atoms. The fourth-order valence-electron chi connectivity index (χ4n) is 1.41. The van der Waals surface area contributed by atoms with Gasteiger partial charge in [0.15, 0.2) is 0 Å². The summed E-state index contributed by atoms with van der Waals surface area (Å²) in [5.74, 6) is 1.46. The van der Waals surface area contributed by atoms with Crippen LogP contribution in [-0.4, -0.2) is 18.3 Å². The van der Waals surface area contributed by atoms with Crippen LogP contribution in [0.5, 0.6) is 11.5 Å². The summed E-state index contributed by atoms with van der Waals surface area (Å²) in [7, 11) is 0. The molecule has 0 radical (unpaired) electrons. The van der Waals surface area contributed by atoms with Crippen LogP contribution in [0.15, 0.2) is 29.8 Å². The van der Waals surface area contributed by atoms with Crippen molar-refractivity contribution in [3.8, 4) is 11.5 Å². The predicted molar refractivity (Wildman–Crippen MR) is 73.1 cm³/mol. The van der Waals surface area contributed by atoms with Crippen LogP contribution < -0.4 is 9.47 Å². The summed E-state index contributed by atoms with van der Waals surface area (Å²) in [6.45, 7) is 7.28. The lowest BCUT2D eigenvalue weighted by atomic mass is 10.2. The molecule has 1 aromatic carbocycles. The number of ether oxygens (including phenoxy) is 2. The fraction of sp³-hybridized carbons (Fsp3) is 0.467. The molecule has 100 valence electrons. The molecule has 0 amide bonds. The van der Waals surface area contributed by atoms with Gasteiger partial charge in [-0.1, -0.05) is 12.5 Å². The summed E-state index contributed by atoms with van der Waals surface area (Å²) < 4.78 is 11.2. The molecule has 18 heavy (non-hydrogen) atoms. The highest BCUT2D eigenvalue weighted by molar-refractivity contribution is 5.40. The quantitative estimate of drug-likeness (QED) is 0.754. The van der Waals surface area contributed by atoms with Crippen molar-refractivity contribution in [2.45, 2.75) is 33.8 Å². The molecule has 0 saturated carbocycles. The van der Waals surface area contributed by atoms with E-state index in [0.717, 1.165) is 17.7 Å². The van der Waals surface area contributed by atoms with Crippen molar-refractivity contribution in [3.05, 3.63) is 35.4 Å². The van der Waals surface area contributed by atoms with Crippen LogP contribution >= 0.6 is 0 Å². The molecule has 3 heteroatoms. The smallest absolute Gasteiger partial charge is 0.128 e. The predicted octanol–water partition coefficient (Wildman–Crippen LogP) is 3.31. The lowest BCUT2D eigenvalue weighted by molar-refractivity contribution is 0.268. The minimum Gasteiger partial charge on any atom is -0.493 e. The first kappa shape index (κ1) is 14.6. The van der Waals surface area contributed by atoms with Crippen LogP contribution in [0.25, 0.3) is 0 Å². The third-order valence-electron chi connectivity index (χ3n) is 2.41. The molecule has 0 atom stereocenters.